The average Bonchev–Trinajstić information content (AvgIpc) is 2.69. The smallest absolute Gasteiger partial charge is 0.333 e. The van der Waals surface area contributed by atoms with E-state index in [1.54, 1.807) is 6.07 Å². The fourth-order valence-corrected chi connectivity index (χ4v) is 3.52. The van der Waals surface area contributed by atoms with Gasteiger partial charge in [0.05, 0.1) is 0 Å². The van der Waals surface area contributed by atoms with Gasteiger partial charge in [0.2, 0.25) is 6.41 Å². The molecule has 1 N–H and O–H groups in total. The minimum absolute atomic E-state index is 0.114. The van der Waals surface area contributed by atoms with Crippen molar-refractivity contribution in [1.82, 2.24) is 10.2 Å². The molecule has 6 heteroatoms. The summed E-state index contributed by atoms with van der Waals surface area (Å²) in [6.45, 7) is 2.60. The molecule has 27 heavy (non-hydrogen) atoms. The Kier molecular flexibility index (Phi) is 6.76. The number of hydrogen-bond donors (Lipinski definition) is 1. The highest BCUT2D eigenvalue weighted by atomic mass is 19.1. The number of amides is 1. The molecule has 0 saturated carbocycles. The fourth-order valence-electron chi connectivity index (χ4n) is 3.52. The number of benzene rings is 1. The van der Waals surface area contributed by atoms with Crippen LogP contribution in [0.1, 0.15) is 37.3 Å². The van der Waals surface area contributed by atoms with E-state index < -0.39 is 17.8 Å². The molecule has 1 aromatic rings. The van der Waals surface area contributed by atoms with Crippen LogP contribution in [0.25, 0.3) is 0 Å². The first kappa shape index (κ1) is 19.3. The lowest BCUT2D eigenvalue weighted by atomic mass is 10.0. The van der Waals surface area contributed by atoms with Gasteiger partial charge in [-0.15, -0.1) is 0 Å². The maximum atomic E-state index is 14.0. The molecule has 1 aromatic carbocycles. The van der Waals surface area contributed by atoms with Crippen LogP contribution < -0.4 is 5.32 Å². The SMILES string of the molecule is O=CNC(C(=O)OC1CCN(CC2=CCCC=C2)CC1)c1ccccc1F. The first-order chi connectivity index (χ1) is 13.2. The van der Waals surface area contributed by atoms with E-state index in [0.29, 0.717) is 6.41 Å². The Morgan fingerprint density at radius 3 is 2.74 bits per heavy atom. The number of piperidine rings is 1. The summed E-state index contributed by atoms with van der Waals surface area (Å²) in [5, 5.41) is 2.37. The number of ether oxygens (including phenoxy) is 1. The van der Waals surface area contributed by atoms with Crippen LogP contribution in [0.15, 0.2) is 48.1 Å². The molecule has 144 valence electrons. The van der Waals surface area contributed by atoms with Gasteiger partial charge in [0.15, 0.2) is 6.04 Å². The lowest BCUT2D eigenvalue weighted by Crippen LogP contribution is -2.40. The summed E-state index contributed by atoms with van der Waals surface area (Å²) in [6.07, 6.45) is 10.5. The summed E-state index contributed by atoms with van der Waals surface area (Å²) < 4.78 is 19.6. The maximum Gasteiger partial charge on any atom is 0.333 e. The third-order valence-corrected chi connectivity index (χ3v) is 4.98. The van der Waals surface area contributed by atoms with Crippen molar-refractivity contribution in [3.05, 3.63) is 59.4 Å². The van der Waals surface area contributed by atoms with Gasteiger partial charge in [-0.3, -0.25) is 9.69 Å². The number of carbonyl (C=O) groups is 2. The highest BCUT2D eigenvalue weighted by Crippen LogP contribution is 2.22. The summed E-state index contributed by atoms with van der Waals surface area (Å²) in [4.78, 5) is 25.7. The van der Waals surface area contributed by atoms with Crippen LogP contribution in [0.2, 0.25) is 0 Å². The van der Waals surface area contributed by atoms with Crippen molar-refractivity contribution in [2.24, 2.45) is 0 Å². The molecule has 5 nitrogen and oxygen atoms in total. The highest BCUT2D eigenvalue weighted by molar-refractivity contribution is 5.80. The van der Waals surface area contributed by atoms with Crippen LogP contribution in [0.3, 0.4) is 0 Å². The Hall–Kier alpha value is -2.47. The molecule has 1 heterocycles. The van der Waals surface area contributed by atoms with Gasteiger partial charge in [0.1, 0.15) is 11.9 Å². The van der Waals surface area contributed by atoms with E-state index >= 15 is 0 Å². The zero-order chi connectivity index (χ0) is 19.1. The van der Waals surface area contributed by atoms with E-state index in [4.69, 9.17) is 4.74 Å². The Morgan fingerprint density at radius 2 is 2.07 bits per heavy atom. The van der Waals surface area contributed by atoms with E-state index in [1.807, 2.05) is 0 Å². The summed E-state index contributed by atoms with van der Waals surface area (Å²) in [5.74, 6) is -1.17. The summed E-state index contributed by atoms with van der Waals surface area (Å²) in [5.41, 5.74) is 1.45. The van der Waals surface area contributed by atoms with Crippen molar-refractivity contribution in [3.8, 4) is 0 Å². The number of rotatable bonds is 7. The predicted octanol–water partition coefficient (Wildman–Crippen LogP) is 2.90. The normalized spacial score (nSPS) is 19.2. The Balaban J connectivity index is 1.53. The second-order valence-electron chi connectivity index (χ2n) is 6.91. The van der Waals surface area contributed by atoms with Crippen LogP contribution in [-0.4, -0.2) is 43.0 Å². The third kappa shape index (κ3) is 5.26. The Labute approximate surface area is 158 Å². The molecule has 0 spiro atoms. The average molecular weight is 372 g/mol. The molecule has 1 atom stereocenters. The summed E-state index contributed by atoms with van der Waals surface area (Å²) in [7, 11) is 0. The zero-order valence-electron chi connectivity index (χ0n) is 15.3. The number of carbonyl (C=O) groups excluding carboxylic acids is 2. The number of halogens is 1. The maximum absolute atomic E-state index is 14.0. The van der Waals surface area contributed by atoms with Crippen molar-refractivity contribution < 1.29 is 18.7 Å². The van der Waals surface area contributed by atoms with E-state index in [0.717, 1.165) is 45.3 Å². The standard InChI is InChI=1S/C21H25FN2O3/c22-19-9-5-4-8-18(19)20(23-15-25)21(26)27-17-10-12-24(13-11-17)14-16-6-2-1-3-7-16/h2,4-9,15,17,20H,1,3,10-14H2,(H,23,25). The van der Waals surface area contributed by atoms with Gasteiger partial charge in [-0.25, -0.2) is 9.18 Å². The monoisotopic (exact) mass is 372 g/mol. The first-order valence-corrected chi connectivity index (χ1v) is 9.40. The van der Waals surface area contributed by atoms with Crippen molar-refractivity contribution in [2.75, 3.05) is 19.6 Å². The van der Waals surface area contributed by atoms with Gasteiger partial charge in [-0.2, -0.15) is 0 Å². The first-order valence-electron chi connectivity index (χ1n) is 9.40. The number of esters is 1. The largest absolute Gasteiger partial charge is 0.460 e. The van der Waals surface area contributed by atoms with Crippen molar-refractivity contribution >= 4 is 12.4 Å². The molecule has 1 fully saturated rings. The van der Waals surface area contributed by atoms with Crippen LogP contribution >= 0.6 is 0 Å². The van der Waals surface area contributed by atoms with Crippen LogP contribution in [-0.2, 0) is 14.3 Å². The van der Waals surface area contributed by atoms with Gasteiger partial charge in [0, 0.05) is 25.2 Å². The lowest BCUT2D eigenvalue weighted by Gasteiger charge is -2.32. The molecule has 0 bridgehead atoms. The summed E-state index contributed by atoms with van der Waals surface area (Å²) >= 11 is 0. The second-order valence-corrected chi connectivity index (χ2v) is 6.91. The molecular formula is C21H25FN2O3. The molecule has 1 aliphatic carbocycles. The van der Waals surface area contributed by atoms with Gasteiger partial charge in [0.25, 0.3) is 0 Å². The Morgan fingerprint density at radius 1 is 1.30 bits per heavy atom. The van der Waals surface area contributed by atoms with E-state index in [2.05, 4.69) is 28.4 Å². The molecule has 1 aliphatic heterocycles. The van der Waals surface area contributed by atoms with Crippen LogP contribution in [0, 0.1) is 5.82 Å². The zero-order valence-corrected chi connectivity index (χ0v) is 15.3. The van der Waals surface area contributed by atoms with Gasteiger partial charge in [-0.05, 0) is 37.3 Å². The second kappa shape index (κ2) is 9.46. The van der Waals surface area contributed by atoms with Crippen LogP contribution in [0.4, 0.5) is 4.39 Å². The van der Waals surface area contributed by atoms with Crippen molar-refractivity contribution in [3.63, 3.8) is 0 Å². The number of likely N-dealkylation sites (tertiary alicyclic amines) is 1. The molecule has 0 radical (unpaired) electrons. The number of hydrogen-bond acceptors (Lipinski definition) is 4. The number of nitrogens with one attached hydrogen (secondary N) is 1. The minimum atomic E-state index is -1.13. The number of nitrogens with zero attached hydrogens (tertiary/aromatic N) is 1. The minimum Gasteiger partial charge on any atom is -0.460 e. The van der Waals surface area contributed by atoms with Gasteiger partial charge in [-0.1, -0.05) is 36.4 Å². The van der Waals surface area contributed by atoms with Gasteiger partial charge >= 0.3 is 5.97 Å². The fraction of sp³-hybridized carbons (Fsp3) is 0.429. The number of allylic oxidation sites excluding steroid dienone is 2. The van der Waals surface area contributed by atoms with Crippen molar-refractivity contribution in [1.29, 1.82) is 0 Å². The molecule has 2 aliphatic rings. The van der Waals surface area contributed by atoms with Crippen LogP contribution in [0.5, 0.6) is 0 Å². The summed E-state index contributed by atoms with van der Waals surface area (Å²) in [6, 6.07) is 4.77. The quantitative estimate of drug-likeness (QED) is 0.591. The topological polar surface area (TPSA) is 58.6 Å². The van der Waals surface area contributed by atoms with Crippen molar-refractivity contribution in [2.45, 2.75) is 37.8 Å². The highest BCUT2D eigenvalue weighted by Gasteiger charge is 2.29. The molecule has 1 unspecified atom stereocenters. The molecule has 0 aromatic heterocycles. The van der Waals surface area contributed by atoms with E-state index in [9.17, 15) is 14.0 Å². The Bertz CT molecular complexity index is 724. The molecule has 3 rings (SSSR count). The lowest BCUT2D eigenvalue weighted by molar-refractivity contribution is -0.154. The third-order valence-electron chi connectivity index (χ3n) is 4.98. The molecule has 1 saturated heterocycles. The van der Waals surface area contributed by atoms with E-state index in [1.165, 1.54) is 23.8 Å². The predicted molar refractivity (Wildman–Crippen MR) is 100 cm³/mol. The van der Waals surface area contributed by atoms with Gasteiger partial charge < -0.3 is 10.1 Å². The molecular weight excluding hydrogens is 347 g/mol. The molecule has 1 amide bonds. The van der Waals surface area contributed by atoms with E-state index in [-0.39, 0.29) is 11.7 Å².